The second-order valence-electron chi connectivity index (χ2n) is 9.32. The molecule has 39 heavy (non-hydrogen) atoms. The summed E-state index contributed by atoms with van der Waals surface area (Å²) in [5.74, 6) is 0.581. The van der Waals surface area contributed by atoms with Crippen LogP contribution in [0.2, 0.25) is 0 Å². The molecular formula is C28H34N4O7. The molecule has 0 aliphatic carbocycles. The standard InChI is InChI=1S/C28H34N4O7/c1-37-23-10-9-19(16-24(23)38-2)11-13-29-25(33)12-14-31-27(35)21-7-3-4-8-22(21)32(28(31)36)18-26(34)30-17-20-6-5-15-39-20/h3-4,7-10,16,20H,5-6,11-15,17-18H2,1-2H3,(H,29,33)(H,30,34)/t20-/m1/s1. The first-order chi connectivity index (χ1) is 18.9. The molecule has 1 atom stereocenters. The number of para-hydroxylation sites is 1. The molecule has 1 aliphatic rings. The van der Waals surface area contributed by atoms with Crippen LogP contribution in [0.5, 0.6) is 11.5 Å². The van der Waals surface area contributed by atoms with E-state index in [4.69, 9.17) is 14.2 Å². The van der Waals surface area contributed by atoms with Crippen LogP contribution < -0.4 is 31.4 Å². The fraction of sp³-hybridized carbons (Fsp3) is 0.429. The average molecular weight is 539 g/mol. The first-order valence-corrected chi connectivity index (χ1v) is 13.0. The fourth-order valence-electron chi connectivity index (χ4n) is 4.64. The van der Waals surface area contributed by atoms with E-state index in [1.165, 1.54) is 4.57 Å². The van der Waals surface area contributed by atoms with E-state index in [1.54, 1.807) is 44.6 Å². The lowest BCUT2D eigenvalue weighted by molar-refractivity contribution is -0.122. The van der Waals surface area contributed by atoms with Crippen LogP contribution in [0.25, 0.3) is 10.9 Å². The van der Waals surface area contributed by atoms with E-state index in [9.17, 15) is 19.2 Å². The number of hydrogen-bond donors (Lipinski definition) is 2. The molecule has 1 fully saturated rings. The number of fused-ring (bicyclic) bond motifs is 1. The van der Waals surface area contributed by atoms with Gasteiger partial charge in [0.1, 0.15) is 6.54 Å². The van der Waals surface area contributed by atoms with Crippen molar-refractivity contribution in [2.24, 2.45) is 0 Å². The number of carbonyl (C=O) groups is 2. The first-order valence-electron chi connectivity index (χ1n) is 13.0. The van der Waals surface area contributed by atoms with Gasteiger partial charge < -0.3 is 24.8 Å². The van der Waals surface area contributed by atoms with Crippen LogP contribution in [-0.2, 0) is 33.8 Å². The van der Waals surface area contributed by atoms with Crippen molar-refractivity contribution >= 4 is 22.7 Å². The maximum atomic E-state index is 13.3. The quantitative estimate of drug-likeness (QED) is 0.355. The molecule has 0 saturated carbocycles. The third-order valence-corrected chi connectivity index (χ3v) is 6.73. The molecule has 208 valence electrons. The second-order valence-corrected chi connectivity index (χ2v) is 9.32. The molecule has 1 aromatic heterocycles. The van der Waals surface area contributed by atoms with Crippen molar-refractivity contribution in [3.05, 3.63) is 68.9 Å². The van der Waals surface area contributed by atoms with Gasteiger partial charge in [-0.3, -0.25) is 23.5 Å². The van der Waals surface area contributed by atoms with Gasteiger partial charge in [-0.1, -0.05) is 18.2 Å². The maximum absolute atomic E-state index is 13.3. The van der Waals surface area contributed by atoms with Crippen molar-refractivity contribution in [1.82, 2.24) is 19.8 Å². The van der Waals surface area contributed by atoms with Crippen LogP contribution in [0.4, 0.5) is 0 Å². The molecule has 3 aromatic rings. The van der Waals surface area contributed by atoms with Gasteiger partial charge in [-0.15, -0.1) is 0 Å². The van der Waals surface area contributed by atoms with Crippen LogP contribution >= 0.6 is 0 Å². The van der Waals surface area contributed by atoms with Crippen LogP contribution in [0.15, 0.2) is 52.1 Å². The zero-order valence-electron chi connectivity index (χ0n) is 22.2. The molecule has 2 amide bonds. The number of benzene rings is 2. The number of methoxy groups -OCH3 is 2. The van der Waals surface area contributed by atoms with E-state index >= 15 is 0 Å². The third kappa shape index (κ3) is 6.85. The largest absolute Gasteiger partial charge is 0.493 e. The normalized spacial score (nSPS) is 14.8. The predicted octanol–water partition coefficient (Wildman–Crippen LogP) is 1.22. The van der Waals surface area contributed by atoms with Crippen LogP contribution in [-0.4, -0.2) is 61.0 Å². The van der Waals surface area contributed by atoms with Gasteiger partial charge >= 0.3 is 5.69 Å². The number of carbonyl (C=O) groups excluding carboxylic acids is 2. The molecule has 0 spiro atoms. The summed E-state index contributed by atoms with van der Waals surface area (Å²) in [5, 5.41) is 5.94. The summed E-state index contributed by atoms with van der Waals surface area (Å²) in [6, 6.07) is 12.2. The maximum Gasteiger partial charge on any atom is 0.331 e. The Kier molecular flexibility index (Phi) is 9.37. The summed E-state index contributed by atoms with van der Waals surface area (Å²) in [6.07, 6.45) is 2.31. The number of rotatable bonds is 12. The van der Waals surface area contributed by atoms with Crippen molar-refractivity contribution in [3.8, 4) is 11.5 Å². The van der Waals surface area contributed by atoms with Crippen LogP contribution in [0, 0.1) is 0 Å². The van der Waals surface area contributed by atoms with Gasteiger partial charge in [0.05, 0.1) is 31.2 Å². The summed E-state index contributed by atoms with van der Waals surface area (Å²) >= 11 is 0. The number of amides is 2. The zero-order chi connectivity index (χ0) is 27.8. The lowest BCUT2D eigenvalue weighted by Crippen LogP contribution is -2.44. The highest BCUT2D eigenvalue weighted by Gasteiger charge is 2.19. The molecule has 4 rings (SSSR count). The Bertz CT molecular complexity index is 1440. The van der Waals surface area contributed by atoms with Gasteiger partial charge in [-0.2, -0.15) is 0 Å². The van der Waals surface area contributed by atoms with Gasteiger partial charge in [0.2, 0.25) is 11.8 Å². The van der Waals surface area contributed by atoms with E-state index in [-0.39, 0.29) is 37.4 Å². The average Bonchev–Trinajstić information content (AvgIpc) is 3.48. The van der Waals surface area contributed by atoms with Crippen molar-refractivity contribution in [2.75, 3.05) is 33.9 Å². The number of aromatic nitrogens is 2. The van der Waals surface area contributed by atoms with Crippen molar-refractivity contribution in [2.45, 2.75) is 44.9 Å². The number of hydrogen-bond acceptors (Lipinski definition) is 7. The minimum absolute atomic E-state index is 0.0263. The Morgan fingerprint density at radius 2 is 1.79 bits per heavy atom. The molecule has 1 saturated heterocycles. The van der Waals surface area contributed by atoms with Crippen LogP contribution in [0.3, 0.4) is 0 Å². The monoisotopic (exact) mass is 538 g/mol. The number of nitrogens with zero attached hydrogens (tertiary/aromatic N) is 2. The van der Waals surface area contributed by atoms with Gasteiger partial charge in [0.15, 0.2) is 11.5 Å². The van der Waals surface area contributed by atoms with E-state index < -0.39 is 11.2 Å². The smallest absolute Gasteiger partial charge is 0.331 e. The highest BCUT2D eigenvalue weighted by molar-refractivity contribution is 5.81. The van der Waals surface area contributed by atoms with E-state index in [1.807, 2.05) is 12.1 Å². The molecular weight excluding hydrogens is 504 g/mol. The zero-order valence-corrected chi connectivity index (χ0v) is 22.2. The molecule has 0 radical (unpaired) electrons. The van der Waals surface area contributed by atoms with Crippen LogP contribution in [0.1, 0.15) is 24.8 Å². The van der Waals surface area contributed by atoms with Gasteiger partial charge in [-0.05, 0) is 49.1 Å². The Balaban J connectivity index is 1.40. The van der Waals surface area contributed by atoms with Gasteiger partial charge in [0, 0.05) is 32.7 Å². The van der Waals surface area contributed by atoms with Crippen molar-refractivity contribution < 1.29 is 23.8 Å². The number of nitrogens with one attached hydrogen (secondary N) is 2. The second kappa shape index (κ2) is 13.1. The van der Waals surface area contributed by atoms with E-state index in [0.29, 0.717) is 48.5 Å². The molecule has 2 heterocycles. The first kappa shape index (κ1) is 27.9. The minimum atomic E-state index is -0.635. The SMILES string of the molecule is COc1ccc(CCNC(=O)CCn2c(=O)c3ccccc3n(CC(=O)NC[C@H]3CCCO3)c2=O)cc1OC. The fourth-order valence-corrected chi connectivity index (χ4v) is 4.64. The molecule has 0 bridgehead atoms. The summed E-state index contributed by atoms with van der Waals surface area (Å²) < 4.78 is 18.4. The summed E-state index contributed by atoms with van der Waals surface area (Å²) in [5.41, 5.74) is 0.198. The summed E-state index contributed by atoms with van der Waals surface area (Å²) in [6.45, 7) is 1.07. The van der Waals surface area contributed by atoms with Crippen molar-refractivity contribution in [3.63, 3.8) is 0 Å². The van der Waals surface area contributed by atoms with E-state index in [2.05, 4.69) is 10.6 Å². The molecule has 2 N–H and O–H groups in total. The summed E-state index contributed by atoms with van der Waals surface area (Å²) in [4.78, 5) is 51.6. The van der Waals surface area contributed by atoms with Gasteiger partial charge in [0.25, 0.3) is 5.56 Å². The highest BCUT2D eigenvalue weighted by atomic mass is 16.5. The molecule has 2 aromatic carbocycles. The molecule has 11 heteroatoms. The Hall–Kier alpha value is -4.12. The number of ether oxygens (including phenoxy) is 3. The molecule has 11 nitrogen and oxygen atoms in total. The predicted molar refractivity (Wildman–Crippen MR) is 145 cm³/mol. The lowest BCUT2D eigenvalue weighted by atomic mass is 10.1. The van der Waals surface area contributed by atoms with Gasteiger partial charge in [-0.25, -0.2) is 4.79 Å². The molecule has 1 aliphatic heterocycles. The van der Waals surface area contributed by atoms with Crippen molar-refractivity contribution in [1.29, 1.82) is 0 Å². The summed E-state index contributed by atoms with van der Waals surface area (Å²) in [7, 11) is 3.12. The topological polar surface area (TPSA) is 130 Å². The Morgan fingerprint density at radius 1 is 1.00 bits per heavy atom. The third-order valence-electron chi connectivity index (χ3n) is 6.73. The lowest BCUT2D eigenvalue weighted by Gasteiger charge is -2.15. The Labute approximate surface area is 225 Å². The minimum Gasteiger partial charge on any atom is -0.493 e. The Morgan fingerprint density at radius 3 is 2.54 bits per heavy atom. The molecule has 0 unspecified atom stereocenters. The highest BCUT2D eigenvalue weighted by Crippen LogP contribution is 2.27. The van der Waals surface area contributed by atoms with E-state index in [0.717, 1.165) is 23.0 Å².